The van der Waals surface area contributed by atoms with Crippen molar-refractivity contribution in [3.8, 4) is 0 Å². The van der Waals surface area contributed by atoms with Crippen molar-refractivity contribution in [2.45, 2.75) is 6.42 Å². The third-order valence-corrected chi connectivity index (χ3v) is 2.70. The normalized spacial score (nSPS) is 12.5. The Bertz CT molecular complexity index is 368. The van der Waals surface area contributed by atoms with Crippen LogP contribution < -0.4 is 5.73 Å². The smallest absolute Gasteiger partial charge is 0.308 e. The summed E-state index contributed by atoms with van der Waals surface area (Å²) < 4.78 is 0. The first-order valence-electron chi connectivity index (χ1n) is 4.41. The number of nitrogens with two attached hydrogens (primary N) is 1. The van der Waals surface area contributed by atoms with Crippen molar-refractivity contribution in [1.29, 1.82) is 0 Å². The summed E-state index contributed by atoms with van der Waals surface area (Å²) in [5, 5.41) is 9.84. The molecule has 1 aromatic carbocycles. The second kappa shape index (κ2) is 5.35. The Morgan fingerprint density at radius 1 is 1.47 bits per heavy atom. The summed E-state index contributed by atoms with van der Waals surface area (Å²) in [6.45, 7) is 0.0916. The van der Waals surface area contributed by atoms with E-state index in [1.165, 1.54) is 0 Å². The molecule has 0 amide bonds. The Morgan fingerprint density at radius 3 is 2.60 bits per heavy atom. The summed E-state index contributed by atoms with van der Waals surface area (Å²) in [6, 6.07) is 4.99. The number of aliphatic carboxylic acids is 1. The Labute approximate surface area is 97.8 Å². The second-order valence-corrected chi connectivity index (χ2v) is 4.05. The minimum absolute atomic E-state index is 0.0916. The average molecular weight is 248 g/mol. The molecule has 0 radical (unpaired) electrons. The lowest BCUT2D eigenvalue weighted by Gasteiger charge is -2.10. The molecular formula is C10H11Cl2NO2. The summed E-state index contributed by atoms with van der Waals surface area (Å²) in [5.41, 5.74) is 6.10. The van der Waals surface area contributed by atoms with Gasteiger partial charge in [0.1, 0.15) is 0 Å². The Kier molecular flexibility index (Phi) is 4.39. The van der Waals surface area contributed by atoms with E-state index in [4.69, 9.17) is 34.0 Å². The fourth-order valence-electron chi connectivity index (χ4n) is 1.22. The first kappa shape index (κ1) is 12.3. The molecule has 0 aliphatic carbocycles. The lowest BCUT2D eigenvalue weighted by atomic mass is 10.00. The Morgan fingerprint density at radius 2 is 2.13 bits per heavy atom. The summed E-state index contributed by atoms with van der Waals surface area (Å²) in [5.74, 6) is -1.52. The monoisotopic (exact) mass is 247 g/mol. The van der Waals surface area contributed by atoms with Crippen LogP contribution in [0.4, 0.5) is 0 Å². The third-order valence-electron chi connectivity index (χ3n) is 2.12. The molecule has 0 saturated heterocycles. The molecule has 1 rings (SSSR count). The highest BCUT2D eigenvalue weighted by Crippen LogP contribution is 2.23. The van der Waals surface area contributed by atoms with Crippen LogP contribution in [0.2, 0.25) is 10.0 Å². The molecule has 5 heteroatoms. The van der Waals surface area contributed by atoms with Crippen LogP contribution in [0.1, 0.15) is 5.56 Å². The summed E-state index contributed by atoms with van der Waals surface area (Å²) in [4.78, 5) is 10.8. The maximum atomic E-state index is 10.8. The van der Waals surface area contributed by atoms with Gasteiger partial charge in [0.05, 0.1) is 5.92 Å². The van der Waals surface area contributed by atoms with Gasteiger partial charge in [-0.3, -0.25) is 4.79 Å². The lowest BCUT2D eigenvalue weighted by molar-refractivity contribution is -0.141. The van der Waals surface area contributed by atoms with Crippen LogP contribution in [0.15, 0.2) is 18.2 Å². The number of hydrogen-bond donors (Lipinski definition) is 2. The van der Waals surface area contributed by atoms with E-state index in [1.807, 2.05) is 0 Å². The predicted octanol–water partition coefficient (Wildman–Crippen LogP) is 2.20. The molecule has 0 saturated carbocycles. The maximum absolute atomic E-state index is 10.8. The zero-order chi connectivity index (χ0) is 11.4. The number of hydrogen-bond acceptors (Lipinski definition) is 2. The minimum Gasteiger partial charge on any atom is -0.481 e. The summed E-state index contributed by atoms with van der Waals surface area (Å²) in [7, 11) is 0. The van der Waals surface area contributed by atoms with Crippen LogP contribution in [0.5, 0.6) is 0 Å². The number of carboxylic acids is 1. The molecule has 0 heterocycles. The standard InChI is InChI=1S/C10H11Cl2NO2/c11-8-2-1-6(9(12)4-8)3-7(5-13)10(14)15/h1-2,4,7H,3,5,13H2,(H,14,15)/t7-/m0/s1. The van der Waals surface area contributed by atoms with Gasteiger partial charge in [-0.2, -0.15) is 0 Å². The zero-order valence-electron chi connectivity index (χ0n) is 7.91. The van der Waals surface area contributed by atoms with Gasteiger partial charge in [0.2, 0.25) is 0 Å². The molecule has 0 aromatic heterocycles. The molecule has 0 fully saturated rings. The zero-order valence-corrected chi connectivity index (χ0v) is 9.42. The molecule has 0 bridgehead atoms. The van der Waals surface area contributed by atoms with Crippen LogP contribution in [0, 0.1) is 5.92 Å². The van der Waals surface area contributed by atoms with E-state index >= 15 is 0 Å². The lowest BCUT2D eigenvalue weighted by Crippen LogP contribution is -2.25. The van der Waals surface area contributed by atoms with Gasteiger partial charge in [0, 0.05) is 16.6 Å². The van der Waals surface area contributed by atoms with E-state index in [1.54, 1.807) is 18.2 Å². The topological polar surface area (TPSA) is 63.3 Å². The van der Waals surface area contributed by atoms with Crippen molar-refractivity contribution in [3.63, 3.8) is 0 Å². The maximum Gasteiger partial charge on any atom is 0.308 e. The molecule has 1 atom stereocenters. The molecule has 0 spiro atoms. The van der Waals surface area contributed by atoms with Crippen molar-refractivity contribution in [2.24, 2.45) is 11.7 Å². The van der Waals surface area contributed by atoms with Gasteiger partial charge in [-0.1, -0.05) is 29.3 Å². The highest BCUT2D eigenvalue weighted by molar-refractivity contribution is 6.35. The average Bonchev–Trinajstić information content (AvgIpc) is 2.16. The van der Waals surface area contributed by atoms with Crippen molar-refractivity contribution in [3.05, 3.63) is 33.8 Å². The highest BCUT2D eigenvalue weighted by atomic mass is 35.5. The van der Waals surface area contributed by atoms with E-state index in [9.17, 15) is 4.79 Å². The molecule has 0 aliphatic rings. The van der Waals surface area contributed by atoms with Crippen molar-refractivity contribution in [2.75, 3.05) is 6.54 Å². The quantitative estimate of drug-likeness (QED) is 0.858. The molecular weight excluding hydrogens is 237 g/mol. The highest BCUT2D eigenvalue weighted by Gasteiger charge is 2.17. The summed E-state index contributed by atoms with van der Waals surface area (Å²) >= 11 is 11.6. The van der Waals surface area contributed by atoms with E-state index in [-0.39, 0.29) is 6.54 Å². The number of rotatable bonds is 4. The van der Waals surface area contributed by atoms with Crippen LogP contribution in [-0.4, -0.2) is 17.6 Å². The molecule has 15 heavy (non-hydrogen) atoms. The van der Waals surface area contributed by atoms with Crippen LogP contribution in [0.3, 0.4) is 0 Å². The van der Waals surface area contributed by atoms with Crippen LogP contribution in [-0.2, 0) is 11.2 Å². The van der Waals surface area contributed by atoms with Gasteiger partial charge in [0.25, 0.3) is 0 Å². The minimum atomic E-state index is -0.913. The molecule has 3 nitrogen and oxygen atoms in total. The van der Waals surface area contributed by atoms with E-state index in [0.29, 0.717) is 16.5 Å². The van der Waals surface area contributed by atoms with Crippen LogP contribution in [0.25, 0.3) is 0 Å². The van der Waals surface area contributed by atoms with Crippen molar-refractivity contribution in [1.82, 2.24) is 0 Å². The first-order valence-corrected chi connectivity index (χ1v) is 5.17. The number of carbonyl (C=O) groups is 1. The van der Waals surface area contributed by atoms with E-state index < -0.39 is 11.9 Å². The summed E-state index contributed by atoms with van der Waals surface area (Å²) in [6.07, 6.45) is 0.321. The van der Waals surface area contributed by atoms with Gasteiger partial charge in [-0.15, -0.1) is 0 Å². The number of halogens is 2. The third kappa shape index (κ3) is 3.38. The van der Waals surface area contributed by atoms with E-state index in [0.717, 1.165) is 5.56 Å². The second-order valence-electron chi connectivity index (χ2n) is 3.21. The molecule has 82 valence electrons. The largest absolute Gasteiger partial charge is 0.481 e. The predicted molar refractivity (Wildman–Crippen MR) is 60.3 cm³/mol. The van der Waals surface area contributed by atoms with E-state index in [2.05, 4.69) is 0 Å². The van der Waals surface area contributed by atoms with Gasteiger partial charge < -0.3 is 10.8 Å². The molecule has 0 unspecified atom stereocenters. The molecule has 0 aliphatic heterocycles. The number of benzene rings is 1. The van der Waals surface area contributed by atoms with Gasteiger partial charge in [-0.05, 0) is 24.1 Å². The first-order chi connectivity index (χ1) is 7.04. The Balaban J connectivity index is 2.84. The van der Waals surface area contributed by atoms with Crippen molar-refractivity contribution >= 4 is 29.2 Å². The van der Waals surface area contributed by atoms with Gasteiger partial charge in [0.15, 0.2) is 0 Å². The van der Waals surface area contributed by atoms with Gasteiger partial charge in [-0.25, -0.2) is 0 Å². The number of carboxylic acid groups (broad SMARTS) is 1. The fraction of sp³-hybridized carbons (Fsp3) is 0.300. The van der Waals surface area contributed by atoms with Gasteiger partial charge >= 0.3 is 5.97 Å². The van der Waals surface area contributed by atoms with Crippen LogP contribution >= 0.6 is 23.2 Å². The molecule has 1 aromatic rings. The SMILES string of the molecule is NC[C@H](Cc1ccc(Cl)cc1Cl)C(=O)O. The fourth-order valence-corrected chi connectivity index (χ4v) is 1.71. The molecule has 3 N–H and O–H groups in total. The van der Waals surface area contributed by atoms with Crippen molar-refractivity contribution < 1.29 is 9.90 Å². The Hall–Kier alpha value is -0.770.